The Morgan fingerprint density at radius 3 is 2.39 bits per heavy atom. The van der Waals surface area contributed by atoms with Gasteiger partial charge in [0.1, 0.15) is 0 Å². The quantitative estimate of drug-likeness (QED) is 0.784. The maximum Gasteiger partial charge on any atom is 0.168 e. The third-order valence-corrected chi connectivity index (χ3v) is 6.71. The average Bonchev–Trinajstić information content (AvgIpc) is 3.36. The molecule has 2 fully saturated rings. The Kier molecular flexibility index (Phi) is 5.67. The highest BCUT2D eigenvalue weighted by Gasteiger charge is 2.33. The van der Waals surface area contributed by atoms with Gasteiger partial charge in [-0.2, -0.15) is 0 Å². The van der Waals surface area contributed by atoms with Crippen molar-refractivity contribution in [2.45, 2.75) is 65.5 Å². The summed E-state index contributed by atoms with van der Waals surface area (Å²) in [6.07, 6.45) is 5.02. The summed E-state index contributed by atoms with van der Waals surface area (Å²) in [5, 5.41) is 13.0. The molecule has 0 spiro atoms. The lowest BCUT2D eigenvalue weighted by molar-refractivity contribution is 0.132. The van der Waals surface area contributed by atoms with Gasteiger partial charge in [0.25, 0.3) is 0 Å². The molecule has 0 N–H and O–H groups in total. The van der Waals surface area contributed by atoms with Crippen LogP contribution in [-0.4, -0.2) is 51.3 Å². The van der Waals surface area contributed by atoms with E-state index in [1.165, 1.54) is 42.5 Å². The largest absolute Gasteiger partial charge is 0.369 e. The van der Waals surface area contributed by atoms with E-state index in [4.69, 9.17) is 0 Å². The van der Waals surface area contributed by atoms with Crippen molar-refractivity contribution in [3.63, 3.8) is 0 Å². The fourth-order valence-electron chi connectivity index (χ4n) is 5.01. The molecule has 2 aliphatic rings. The Balaban J connectivity index is 1.50. The molecule has 0 bridgehead atoms. The lowest BCUT2D eigenvalue weighted by atomic mass is 9.99. The summed E-state index contributed by atoms with van der Waals surface area (Å²) < 4.78 is 2.15. The van der Waals surface area contributed by atoms with E-state index in [-0.39, 0.29) is 6.04 Å². The Morgan fingerprint density at radius 1 is 1.00 bits per heavy atom. The number of nitrogens with zero attached hydrogens (tertiary/aromatic N) is 6. The van der Waals surface area contributed by atoms with E-state index >= 15 is 0 Å². The van der Waals surface area contributed by atoms with Crippen LogP contribution in [-0.2, 0) is 0 Å². The summed E-state index contributed by atoms with van der Waals surface area (Å²) in [6, 6.07) is 7.42. The molecular formula is C22H34N6. The van der Waals surface area contributed by atoms with Crippen molar-refractivity contribution in [1.82, 2.24) is 25.1 Å². The standard InChI is InChI=1S/C22H34N6/c1-16(2)21(22-23-24-25-28(22)19-9-5-6-10-19)27-14-12-26(13-15-27)20-11-7-8-17(3)18(20)4/h7-8,11,16,19,21H,5-6,9-10,12-15H2,1-4H3/t21-/m1/s1. The van der Waals surface area contributed by atoms with Crippen LogP contribution in [0.15, 0.2) is 18.2 Å². The van der Waals surface area contributed by atoms with E-state index in [1.807, 2.05) is 0 Å². The number of tetrazole rings is 1. The maximum atomic E-state index is 4.51. The molecule has 1 aliphatic carbocycles. The predicted octanol–water partition coefficient (Wildman–Crippen LogP) is 3.92. The van der Waals surface area contributed by atoms with Gasteiger partial charge in [-0.15, -0.1) is 5.10 Å². The summed E-state index contributed by atoms with van der Waals surface area (Å²) in [4.78, 5) is 5.14. The second-order valence-corrected chi connectivity index (χ2v) is 8.85. The Labute approximate surface area is 168 Å². The smallest absolute Gasteiger partial charge is 0.168 e. The molecular weight excluding hydrogens is 348 g/mol. The predicted molar refractivity (Wildman–Crippen MR) is 113 cm³/mol. The molecule has 1 aromatic heterocycles. The molecule has 4 rings (SSSR count). The first-order chi connectivity index (χ1) is 13.6. The molecule has 1 atom stereocenters. The second-order valence-electron chi connectivity index (χ2n) is 8.85. The van der Waals surface area contributed by atoms with Crippen LogP contribution in [0.5, 0.6) is 0 Å². The van der Waals surface area contributed by atoms with E-state index in [0.29, 0.717) is 12.0 Å². The van der Waals surface area contributed by atoms with Gasteiger partial charge in [-0.3, -0.25) is 4.90 Å². The van der Waals surface area contributed by atoms with Crippen molar-refractivity contribution in [3.8, 4) is 0 Å². The van der Waals surface area contributed by atoms with Crippen molar-refractivity contribution < 1.29 is 0 Å². The highest BCUT2D eigenvalue weighted by molar-refractivity contribution is 5.56. The first kappa shape index (κ1) is 19.4. The molecule has 6 nitrogen and oxygen atoms in total. The number of anilines is 1. The summed E-state index contributed by atoms with van der Waals surface area (Å²) in [5.41, 5.74) is 4.16. The van der Waals surface area contributed by atoms with Crippen LogP contribution in [0.25, 0.3) is 0 Å². The zero-order valence-electron chi connectivity index (χ0n) is 17.8. The van der Waals surface area contributed by atoms with Crippen LogP contribution in [0.1, 0.15) is 68.6 Å². The van der Waals surface area contributed by atoms with E-state index in [2.05, 4.69) is 75.9 Å². The van der Waals surface area contributed by atoms with Crippen LogP contribution in [0.3, 0.4) is 0 Å². The average molecular weight is 383 g/mol. The van der Waals surface area contributed by atoms with Gasteiger partial charge >= 0.3 is 0 Å². The van der Waals surface area contributed by atoms with Crippen LogP contribution in [0, 0.1) is 19.8 Å². The van der Waals surface area contributed by atoms with Gasteiger partial charge in [0.15, 0.2) is 5.82 Å². The van der Waals surface area contributed by atoms with Crippen LogP contribution < -0.4 is 4.90 Å². The molecule has 0 amide bonds. The van der Waals surface area contributed by atoms with Gasteiger partial charge in [-0.05, 0) is 60.2 Å². The second kappa shape index (κ2) is 8.19. The van der Waals surface area contributed by atoms with Gasteiger partial charge < -0.3 is 4.90 Å². The van der Waals surface area contributed by atoms with E-state index in [1.54, 1.807) is 0 Å². The molecule has 1 aliphatic heterocycles. The Morgan fingerprint density at radius 2 is 1.71 bits per heavy atom. The summed E-state index contributed by atoms with van der Waals surface area (Å²) >= 11 is 0. The maximum absolute atomic E-state index is 4.51. The zero-order chi connectivity index (χ0) is 19.7. The molecule has 1 saturated heterocycles. The first-order valence-electron chi connectivity index (χ1n) is 10.9. The topological polar surface area (TPSA) is 50.1 Å². The SMILES string of the molecule is Cc1cccc(N2CCN([C@@H](c3nnnn3C3CCCC3)C(C)C)CC2)c1C. The molecule has 1 aromatic carbocycles. The molecule has 0 radical (unpaired) electrons. The molecule has 0 unspecified atom stereocenters. The van der Waals surface area contributed by atoms with E-state index in [0.717, 1.165) is 32.0 Å². The number of piperazine rings is 1. The minimum Gasteiger partial charge on any atom is -0.369 e. The number of benzene rings is 1. The fraction of sp³-hybridized carbons (Fsp3) is 0.682. The Bertz CT molecular complexity index is 784. The van der Waals surface area contributed by atoms with Gasteiger partial charge in [0, 0.05) is 31.9 Å². The van der Waals surface area contributed by atoms with E-state index in [9.17, 15) is 0 Å². The molecule has 28 heavy (non-hydrogen) atoms. The van der Waals surface area contributed by atoms with Crippen LogP contribution >= 0.6 is 0 Å². The lowest BCUT2D eigenvalue weighted by Crippen LogP contribution is -2.49. The highest BCUT2D eigenvalue weighted by atomic mass is 15.6. The number of hydrogen-bond acceptors (Lipinski definition) is 5. The van der Waals surface area contributed by atoms with Gasteiger partial charge in [-0.1, -0.05) is 38.8 Å². The van der Waals surface area contributed by atoms with E-state index < -0.39 is 0 Å². The monoisotopic (exact) mass is 382 g/mol. The number of hydrogen-bond donors (Lipinski definition) is 0. The minimum atomic E-state index is 0.288. The van der Waals surface area contributed by atoms with Crippen molar-refractivity contribution in [2.75, 3.05) is 31.1 Å². The minimum absolute atomic E-state index is 0.288. The zero-order valence-corrected chi connectivity index (χ0v) is 17.8. The molecule has 1 saturated carbocycles. The normalized spacial score (nSPS) is 20.2. The van der Waals surface area contributed by atoms with Crippen LogP contribution in [0.4, 0.5) is 5.69 Å². The summed E-state index contributed by atoms with van der Waals surface area (Å²) in [6.45, 7) is 13.2. The Hall–Kier alpha value is -1.95. The fourth-order valence-corrected chi connectivity index (χ4v) is 5.01. The lowest BCUT2D eigenvalue weighted by Gasteiger charge is -2.41. The van der Waals surface area contributed by atoms with Crippen molar-refractivity contribution in [3.05, 3.63) is 35.2 Å². The van der Waals surface area contributed by atoms with Gasteiger partial charge in [0.05, 0.1) is 12.1 Å². The van der Waals surface area contributed by atoms with Gasteiger partial charge in [-0.25, -0.2) is 4.68 Å². The summed E-state index contributed by atoms with van der Waals surface area (Å²) in [5.74, 6) is 1.56. The van der Waals surface area contributed by atoms with Crippen molar-refractivity contribution >= 4 is 5.69 Å². The molecule has 2 aromatic rings. The first-order valence-corrected chi connectivity index (χ1v) is 10.9. The number of aromatic nitrogens is 4. The van der Waals surface area contributed by atoms with Gasteiger partial charge in [0.2, 0.25) is 0 Å². The summed E-state index contributed by atoms with van der Waals surface area (Å²) in [7, 11) is 0. The van der Waals surface area contributed by atoms with Crippen LogP contribution in [0.2, 0.25) is 0 Å². The number of rotatable bonds is 5. The molecule has 152 valence electrons. The third kappa shape index (κ3) is 3.66. The van der Waals surface area contributed by atoms with Crippen molar-refractivity contribution in [2.24, 2.45) is 5.92 Å². The number of aryl methyl sites for hydroxylation is 1. The van der Waals surface area contributed by atoms with Crippen molar-refractivity contribution in [1.29, 1.82) is 0 Å². The molecule has 6 heteroatoms. The highest BCUT2D eigenvalue weighted by Crippen LogP contribution is 2.35. The molecule has 2 heterocycles. The third-order valence-electron chi connectivity index (χ3n) is 6.71.